The summed E-state index contributed by atoms with van der Waals surface area (Å²) in [5, 5.41) is 3.96. The molecule has 1 N–H and O–H groups in total. The molecule has 116 valence electrons. The Hall–Kier alpha value is -1.02. The maximum Gasteiger partial charge on any atom is 0.124 e. The van der Waals surface area contributed by atoms with E-state index < -0.39 is 0 Å². The predicted molar refractivity (Wildman–Crippen MR) is 87.6 cm³/mol. The monoisotopic (exact) mass is 287 g/mol. The average Bonchev–Trinajstić information content (AvgIpc) is 2.40. The third kappa shape index (κ3) is 3.26. The molecule has 1 aliphatic carbocycles. The Morgan fingerprint density at radius 1 is 1.14 bits per heavy atom. The number of rotatable bonds is 2. The minimum atomic E-state index is -0.0861. The second-order valence-corrected chi connectivity index (χ2v) is 7.82. The van der Waals surface area contributed by atoms with Crippen molar-refractivity contribution in [3.05, 3.63) is 29.8 Å². The van der Waals surface area contributed by atoms with Crippen molar-refractivity contribution in [1.82, 2.24) is 5.32 Å². The molecule has 0 bridgehead atoms. The van der Waals surface area contributed by atoms with E-state index in [0.717, 1.165) is 24.0 Å². The van der Waals surface area contributed by atoms with E-state index in [1.807, 2.05) is 0 Å². The van der Waals surface area contributed by atoms with Crippen LogP contribution in [-0.4, -0.2) is 11.6 Å². The molecular weight excluding hydrogens is 258 g/mol. The van der Waals surface area contributed by atoms with Gasteiger partial charge in [-0.05, 0) is 51.0 Å². The van der Waals surface area contributed by atoms with E-state index in [1.165, 1.54) is 24.8 Å². The highest BCUT2D eigenvalue weighted by Crippen LogP contribution is 2.40. The smallest absolute Gasteiger partial charge is 0.124 e. The fourth-order valence-electron chi connectivity index (χ4n) is 4.12. The molecule has 1 aromatic carbocycles. The molecule has 2 heteroatoms. The van der Waals surface area contributed by atoms with Gasteiger partial charge in [0.15, 0.2) is 0 Å². The zero-order valence-corrected chi connectivity index (χ0v) is 13.9. The number of hydrogen-bond acceptors (Lipinski definition) is 2. The van der Waals surface area contributed by atoms with E-state index in [2.05, 4.69) is 57.3 Å². The molecule has 3 rings (SSSR count). The van der Waals surface area contributed by atoms with Gasteiger partial charge in [-0.2, -0.15) is 0 Å². The maximum absolute atomic E-state index is 6.14. The molecule has 0 saturated heterocycles. The van der Waals surface area contributed by atoms with Crippen LogP contribution in [0.5, 0.6) is 5.75 Å². The molecule has 0 aromatic heterocycles. The second kappa shape index (κ2) is 5.64. The van der Waals surface area contributed by atoms with Crippen LogP contribution in [0.1, 0.15) is 65.0 Å². The molecule has 0 radical (unpaired) electrons. The van der Waals surface area contributed by atoms with Crippen molar-refractivity contribution in [3.8, 4) is 5.75 Å². The van der Waals surface area contributed by atoms with Gasteiger partial charge in [0.25, 0.3) is 0 Å². The summed E-state index contributed by atoms with van der Waals surface area (Å²) in [4.78, 5) is 0. The maximum atomic E-state index is 6.14. The molecular formula is C19H29NO. The topological polar surface area (TPSA) is 21.3 Å². The molecule has 1 aliphatic heterocycles. The molecule has 21 heavy (non-hydrogen) atoms. The fraction of sp³-hybridized carbons (Fsp3) is 0.684. The summed E-state index contributed by atoms with van der Waals surface area (Å²) in [6.07, 6.45) is 5.06. The highest BCUT2D eigenvalue weighted by molar-refractivity contribution is 5.38. The van der Waals surface area contributed by atoms with Crippen LogP contribution in [-0.2, 0) is 0 Å². The van der Waals surface area contributed by atoms with Gasteiger partial charge in [-0.15, -0.1) is 0 Å². The second-order valence-electron chi connectivity index (χ2n) is 7.82. The van der Waals surface area contributed by atoms with Crippen LogP contribution in [0, 0.1) is 11.8 Å². The van der Waals surface area contributed by atoms with Gasteiger partial charge in [0.2, 0.25) is 0 Å². The van der Waals surface area contributed by atoms with Crippen LogP contribution < -0.4 is 10.1 Å². The van der Waals surface area contributed by atoms with Crippen molar-refractivity contribution < 1.29 is 4.74 Å². The molecule has 1 aromatic rings. The number of hydrogen-bond donors (Lipinski definition) is 1. The summed E-state index contributed by atoms with van der Waals surface area (Å²) in [7, 11) is 0. The van der Waals surface area contributed by atoms with Gasteiger partial charge in [0.05, 0.1) is 0 Å². The molecule has 1 heterocycles. The van der Waals surface area contributed by atoms with Crippen LogP contribution in [0.2, 0.25) is 0 Å². The first-order valence-corrected chi connectivity index (χ1v) is 8.48. The molecule has 0 amide bonds. The Morgan fingerprint density at radius 3 is 2.67 bits per heavy atom. The third-order valence-electron chi connectivity index (χ3n) is 5.22. The number of benzene rings is 1. The first kappa shape index (κ1) is 14.9. The van der Waals surface area contributed by atoms with Gasteiger partial charge in [-0.25, -0.2) is 0 Å². The van der Waals surface area contributed by atoms with Crippen molar-refractivity contribution in [2.75, 3.05) is 0 Å². The Labute approximate surface area is 129 Å². The largest absolute Gasteiger partial charge is 0.487 e. The lowest BCUT2D eigenvalue weighted by Crippen LogP contribution is -2.46. The van der Waals surface area contributed by atoms with Crippen molar-refractivity contribution in [2.45, 2.75) is 71.1 Å². The van der Waals surface area contributed by atoms with Crippen LogP contribution in [0.4, 0.5) is 0 Å². The van der Waals surface area contributed by atoms with E-state index >= 15 is 0 Å². The minimum absolute atomic E-state index is 0.0861. The summed E-state index contributed by atoms with van der Waals surface area (Å²) < 4.78 is 6.14. The molecule has 2 aliphatic rings. The Morgan fingerprint density at radius 2 is 1.90 bits per heavy atom. The summed E-state index contributed by atoms with van der Waals surface area (Å²) in [5.41, 5.74) is 1.25. The first-order chi connectivity index (χ1) is 9.94. The van der Waals surface area contributed by atoms with E-state index in [4.69, 9.17) is 4.74 Å². The fourth-order valence-corrected chi connectivity index (χ4v) is 4.12. The summed E-state index contributed by atoms with van der Waals surface area (Å²) >= 11 is 0. The molecule has 4 unspecified atom stereocenters. The summed E-state index contributed by atoms with van der Waals surface area (Å²) in [5.74, 6) is 2.71. The highest BCUT2D eigenvalue weighted by Gasteiger charge is 2.36. The summed E-state index contributed by atoms with van der Waals surface area (Å²) in [6, 6.07) is 9.60. The lowest BCUT2D eigenvalue weighted by atomic mass is 9.78. The zero-order valence-electron chi connectivity index (χ0n) is 13.9. The Kier molecular flexibility index (Phi) is 4.00. The van der Waals surface area contributed by atoms with E-state index in [9.17, 15) is 0 Å². The van der Waals surface area contributed by atoms with Crippen molar-refractivity contribution in [1.29, 1.82) is 0 Å². The van der Waals surface area contributed by atoms with Gasteiger partial charge in [0.1, 0.15) is 11.4 Å². The molecule has 1 saturated carbocycles. The highest BCUT2D eigenvalue weighted by atomic mass is 16.5. The van der Waals surface area contributed by atoms with E-state index in [1.54, 1.807) is 0 Å². The van der Waals surface area contributed by atoms with Crippen molar-refractivity contribution >= 4 is 0 Å². The average molecular weight is 287 g/mol. The molecule has 2 nitrogen and oxygen atoms in total. The SMILES string of the molecule is CC1CCC(NC2CC(C)(C)Oc3ccccc32)C(C)C1. The molecule has 0 spiro atoms. The standard InChI is InChI=1S/C19H29NO/c1-13-9-10-16(14(2)11-13)20-17-12-19(3,4)21-18-8-6-5-7-15(17)18/h5-8,13-14,16-17,20H,9-12H2,1-4H3. The first-order valence-electron chi connectivity index (χ1n) is 8.48. The Bertz CT molecular complexity index is 496. The van der Waals surface area contributed by atoms with Gasteiger partial charge in [-0.1, -0.05) is 32.0 Å². The van der Waals surface area contributed by atoms with Gasteiger partial charge in [-0.3, -0.25) is 0 Å². The number of ether oxygens (including phenoxy) is 1. The van der Waals surface area contributed by atoms with Gasteiger partial charge < -0.3 is 10.1 Å². The number of fused-ring (bicyclic) bond motifs is 1. The van der Waals surface area contributed by atoms with Crippen LogP contribution in [0.15, 0.2) is 24.3 Å². The lowest BCUT2D eigenvalue weighted by molar-refractivity contribution is 0.0588. The number of para-hydroxylation sites is 1. The van der Waals surface area contributed by atoms with Gasteiger partial charge >= 0.3 is 0 Å². The molecule has 4 atom stereocenters. The minimum Gasteiger partial charge on any atom is -0.487 e. The van der Waals surface area contributed by atoms with Crippen LogP contribution in [0.3, 0.4) is 0 Å². The van der Waals surface area contributed by atoms with Crippen LogP contribution in [0.25, 0.3) is 0 Å². The van der Waals surface area contributed by atoms with Crippen molar-refractivity contribution in [2.24, 2.45) is 11.8 Å². The zero-order chi connectivity index (χ0) is 15.0. The number of nitrogens with one attached hydrogen (secondary N) is 1. The van der Waals surface area contributed by atoms with Crippen LogP contribution >= 0.6 is 0 Å². The Balaban J connectivity index is 1.78. The van der Waals surface area contributed by atoms with Crippen molar-refractivity contribution in [3.63, 3.8) is 0 Å². The third-order valence-corrected chi connectivity index (χ3v) is 5.22. The van der Waals surface area contributed by atoms with E-state index in [-0.39, 0.29) is 5.60 Å². The normalized spacial score (nSPS) is 34.9. The quantitative estimate of drug-likeness (QED) is 0.851. The summed E-state index contributed by atoms with van der Waals surface area (Å²) in [6.45, 7) is 9.19. The predicted octanol–water partition coefficient (Wildman–Crippen LogP) is 4.70. The van der Waals surface area contributed by atoms with Gasteiger partial charge in [0, 0.05) is 24.1 Å². The van der Waals surface area contributed by atoms with E-state index in [0.29, 0.717) is 12.1 Å². The molecule has 1 fully saturated rings. The lowest BCUT2D eigenvalue weighted by Gasteiger charge is -2.42.